The lowest BCUT2D eigenvalue weighted by Gasteiger charge is -2.07. The Morgan fingerprint density at radius 1 is 1.17 bits per heavy atom. The average molecular weight is 359 g/mol. The van der Waals surface area contributed by atoms with E-state index in [0.29, 0.717) is 5.92 Å². The molecule has 0 saturated heterocycles. The first-order valence-electron chi connectivity index (χ1n) is 8.20. The van der Waals surface area contributed by atoms with E-state index in [1.54, 1.807) is 23.1 Å². The topological polar surface area (TPSA) is 43.6 Å². The molecule has 6 heteroatoms. The van der Waals surface area contributed by atoms with Crippen LogP contribution in [-0.4, -0.2) is 19.7 Å². The molecule has 2 heterocycles. The van der Waals surface area contributed by atoms with Crippen LogP contribution in [0.4, 0.5) is 0 Å². The molecule has 0 aliphatic carbocycles. The van der Waals surface area contributed by atoms with Gasteiger partial charge in [0.25, 0.3) is 0 Å². The predicted molar refractivity (Wildman–Crippen MR) is 101 cm³/mol. The Morgan fingerprint density at radius 3 is 2.62 bits per heavy atom. The van der Waals surface area contributed by atoms with Crippen LogP contribution >= 0.6 is 23.1 Å². The Kier molecular flexibility index (Phi) is 5.68. The maximum absolute atomic E-state index is 4.70. The third kappa shape index (κ3) is 4.05. The van der Waals surface area contributed by atoms with Crippen molar-refractivity contribution in [3.8, 4) is 0 Å². The minimum absolute atomic E-state index is 0.491. The molecule has 24 heavy (non-hydrogen) atoms. The summed E-state index contributed by atoms with van der Waals surface area (Å²) in [6, 6.07) is 10.4. The van der Waals surface area contributed by atoms with Crippen LogP contribution in [0.25, 0.3) is 0 Å². The van der Waals surface area contributed by atoms with Gasteiger partial charge in [0.2, 0.25) is 0 Å². The second kappa shape index (κ2) is 7.94. The largest absolute Gasteiger partial charge is 0.306 e. The minimum Gasteiger partial charge on any atom is -0.306 e. The first-order chi connectivity index (χ1) is 11.7. The van der Waals surface area contributed by atoms with Gasteiger partial charge in [-0.05, 0) is 12.5 Å². The lowest BCUT2D eigenvalue weighted by molar-refractivity contribution is 0.651. The lowest BCUT2D eigenvalue weighted by atomic mass is 10.1. The van der Waals surface area contributed by atoms with Crippen molar-refractivity contribution in [3.63, 3.8) is 0 Å². The van der Waals surface area contributed by atoms with Gasteiger partial charge in [0.05, 0.1) is 10.7 Å². The number of rotatable bonds is 7. The molecule has 0 aliphatic heterocycles. The van der Waals surface area contributed by atoms with E-state index < -0.39 is 0 Å². The Labute approximate surface area is 151 Å². The average Bonchev–Trinajstić information content (AvgIpc) is 3.20. The number of aromatic nitrogens is 4. The first kappa shape index (κ1) is 17.2. The molecule has 0 unspecified atom stereocenters. The number of thiazole rings is 1. The van der Waals surface area contributed by atoms with E-state index in [-0.39, 0.29) is 0 Å². The SMILES string of the molecule is CCn1c(Cc2ccccc2)nnc1SCc1csc(C(C)C)n1. The van der Waals surface area contributed by atoms with E-state index >= 15 is 0 Å². The molecule has 0 spiro atoms. The zero-order chi connectivity index (χ0) is 16.9. The van der Waals surface area contributed by atoms with E-state index in [9.17, 15) is 0 Å². The quantitative estimate of drug-likeness (QED) is 0.571. The van der Waals surface area contributed by atoms with Crippen molar-refractivity contribution in [3.05, 3.63) is 57.8 Å². The third-order valence-electron chi connectivity index (χ3n) is 3.73. The summed E-state index contributed by atoms with van der Waals surface area (Å²) in [4.78, 5) is 4.70. The van der Waals surface area contributed by atoms with Crippen LogP contribution in [0.1, 0.15) is 48.8 Å². The molecule has 4 nitrogen and oxygen atoms in total. The molecule has 3 rings (SSSR count). The van der Waals surface area contributed by atoms with Gasteiger partial charge in [0.15, 0.2) is 5.16 Å². The summed E-state index contributed by atoms with van der Waals surface area (Å²) in [5.74, 6) is 2.35. The highest BCUT2D eigenvalue weighted by Gasteiger charge is 2.13. The molecule has 0 saturated carbocycles. The van der Waals surface area contributed by atoms with Crippen molar-refractivity contribution in [2.24, 2.45) is 0 Å². The fourth-order valence-corrected chi connectivity index (χ4v) is 4.30. The first-order valence-corrected chi connectivity index (χ1v) is 10.1. The molecule has 0 aliphatic rings. The standard InChI is InChI=1S/C18H22N4S2/c1-4-22-16(10-14-8-6-5-7-9-14)20-21-18(22)24-12-15-11-23-17(19-15)13(2)3/h5-9,11,13H,4,10,12H2,1-3H3. The van der Waals surface area contributed by atoms with E-state index in [2.05, 4.69) is 65.2 Å². The van der Waals surface area contributed by atoms with Crippen molar-refractivity contribution < 1.29 is 0 Å². The summed E-state index contributed by atoms with van der Waals surface area (Å²) in [7, 11) is 0. The van der Waals surface area contributed by atoms with Crippen LogP contribution in [0.15, 0.2) is 40.9 Å². The molecule has 0 fully saturated rings. The van der Waals surface area contributed by atoms with Crippen LogP contribution in [0.3, 0.4) is 0 Å². The molecule has 0 amide bonds. The van der Waals surface area contributed by atoms with E-state index in [1.807, 2.05) is 6.07 Å². The van der Waals surface area contributed by atoms with Crippen LogP contribution in [0.5, 0.6) is 0 Å². The fraction of sp³-hybridized carbons (Fsp3) is 0.389. The fourth-order valence-electron chi connectivity index (χ4n) is 2.45. The van der Waals surface area contributed by atoms with Crippen molar-refractivity contribution in [2.75, 3.05) is 0 Å². The maximum Gasteiger partial charge on any atom is 0.191 e. The summed E-state index contributed by atoms with van der Waals surface area (Å²) >= 11 is 3.46. The summed E-state index contributed by atoms with van der Waals surface area (Å²) < 4.78 is 2.20. The highest BCUT2D eigenvalue weighted by Crippen LogP contribution is 2.26. The smallest absolute Gasteiger partial charge is 0.191 e. The van der Waals surface area contributed by atoms with Crippen molar-refractivity contribution in [1.29, 1.82) is 0 Å². The number of nitrogens with zero attached hydrogens (tertiary/aromatic N) is 4. The highest BCUT2D eigenvalue weighted by atomic mass is 32.2. The molecular weight excluding hydrogens is 336 g/mol. The van der Waals surface area contributed by atoms with Crippen molar-refractivity contribution >= 4 is 23.1 Å². The molecule has 2 aromatic heterocycles. The van der Waals surface area contributed by atoms with Gasteiger partial charge in [0.1, 0.15) is 5.82 Å². The van der Waals surface area contributed by atoms with Crippen molar-refractivity contribution in [1.82, 2.24) is 19.7 Å². The normalized spacial score (nSPS) is 11.3. The molecule has 1 aromatic carbocycles. The summed E-state index contributed by atoms with van der Waals surface area (Å²) in [5.41, 5.74) is 2.39. The van der Waals surface area contributed by atoms with Gasteiger partial charge in [-0.15, -0.1) is 21.5 Å². The zero-order valence-electron chi connectivity index (χ0n) is 14.3. The predicted octanol–water partition coefficient (Wildman–Crippen LogP) is 4.76. The van der Waals surface area contributed by atoms with Gasteiger partial charge in [0, 0.05) is 30.0 Å². The summed E-state index contributed by atoms with van der Waals surface area (Å²) in [5, 5.41) is 13.1. The van der Waals surface area contributed by atoms with Gasteiger partial charge in [-0.2, -0.15) is 0 Å². The summed E-state index contributed by atoms with van der Waals surface area (Å²) in [6.45, 7) is 7.38. The number of benzene rings is 1. The van der Waals surface area contributed by atoms with Crippen LogP contribution in [0, 0.1) is 0 Å². The van der Waals surface area contributed by atoms with Gasteiger partial charge in [-0.3, -0.25) is 0 Å². The van der Waals surface area contributed by atoms with Gasteiger partial charge in [-0.1, -0.05) is 55.9 Å². The second-order valence-electron chi connectivity index (χ2n) is 5.93. The van der Waals surface area contributed by atoms with Gasteiger partial charge < -0.3 is 4.57 Å². The molecule has 0 radical (unpaired) electrons. The second-order valence-corrected chi connectivity index (χ2v) is 7.76. The van der Waals surface area contributed by atoms with Gasteiger partial charge in [-0.25, -0.2) is 4.98 Å². The molecule has 126 valence electrons. The Morgan fingerprint density at radius 2 is 1.96 bits per heavy atom. The molecule has 0 bridgehead atoms. The minimum atomic E-state index is 0.491. The van der Waals surface area contributed by atoms with E-state index in [1.165, 1.54) is 10.6 Å². The zero-order valence-corrected chi connectivity index (χ0v) is 15.9. The lowest BCUT2D eigenvalue weighted by Crippen LogP contribution is -2.04. The number of hydrogen-bond donors (Lipinski definition) is 0. The Hall–Kier alpha value is -1.66. The third-order valence-corrected chi connectivity index (χ3v) is 5.92. The summed E-state index contributed by atoms with van der Waals surface area (Å²) in [6.07, 6.45) is 0.816. The molecule has 3 aromatic rings. The van der Waals surface area contributed by atoms with E-state index in [0.717, 1.165) is 35.4 Å². The maximum atomic E-state index is 4.70. The van der Waals surface area contributed by atoms with Crippen LogP contribution < -0.4 is 0 Å². The Balaban J connectivity index is 1.69. The van der Waals surface area contributed by atoms with Crippen LogP contribution in [0.2, 0.25) is 0 Å². The number of hydrogen-bond acceptors (Lipinski definition) is 5. The van der Waals surface area contributed by atoms with E-state index in [4.69, 9.17) is 4.98 Å². The molecule has 0 atom stereocenters. The monoisotopic (exact) mass is 358 g/mol. The van der Waals surface area contributed by atoms with Crippen molar-refractivity contribution in [2.45, 2.75) is 50.6 Å². The van der Waals surface area contributed by atoms with Gasteiger partial charge >= 0.3 is 0 Å². The Bertz CT molecular complexity index is 777. The highest BCUT2D eigenvalue weighted by molar-refractivity contribution is 7.98. The molecule has 0 N–H and O–H groups in total. The molecular formula is C18H22N4S2. The number of thioether (sulfide) groups is 1. The van der Waals surface area contributed by atoms with Crippen LogP contribution in [-0.2, 0) is 18.7 Å².